The van der Waals surface area contributed by atoms with Crippen molar-refractivity contribution in [1.29, 1.82) is 5.26 Å². The lowest BCUT2D eigenvalue weighted by atomic mass is 10.1. The molecule has 2 aliphatic heterocycles. The molecule has 0 radical (unpaired) electrons. The van der Waals surface area contributed by atoms with Crippen molar-refractivity contribution >= 4 is 38.8 Å². The van der Waals surface area contributed by atoms with Gasteiger partial charge in [-0.2, -0.15) is 18.0 Å². The normalized spacial score (nSPS) is 17.1. The fourth-order valence-electron chi connectivity index (χ4n) is 5.45. The van der Waals surface area contributed by atoms with Crippen LogP contribution in [0.5, 0.6) is 11.5 Å². The van der Waals surface area contributed by atoms with Gasteiger partial charge in [0, 0.05) is 39.3 Å². The molecular formula is C32H33F2N9O6S. The highest BCUT2D eigenvalue weighted by Gasteiger charge is 2.32. The zero-order valence-electron chi connectivity index (χ0n) is 27.3. The van der Waals surface area contributed by atoms with Crippen LogP contribution < -0.4 is 19.9 Å². The number of alkyl halides is 1. The van der Waals surface area contributed by atoms with Crippen LogP contribution in [0.25, 0.3) is 16.6 Å². The van der Waals surface area contributed by atoms with E-state index in [1.807, 2.05) is 25.7 Å². The molecule has 262 valence electrons. The summed E-state index contributed by atoms with van der Waals surface area (Å²) >= 11 is 0. The molecule has 50 heavy (non-hydrogen) atoms. The van der Waals surface area contributed by atoms with Crippen molar-refractivity contribution in [1.82, 2.24) is 28.7 Å². The Balaban J connectivity index is 1.20. The van der Waals surface area contributed by atoms with Gasteiger partial charge in [-0.1, -0.05) is 0 Å². The summed E-state index contributed by atoms with van der Waals surface area (Å²) < 4.78 is 69.8. The molecule has 4 aromatic rings. The van der Waals surface area contributed by atoms with Crippen LogP contribution in [0.4, 0.5) is 25.2 Å². The molecule has 4 heterocycles. The van der Waals surface area contributed by atoms with Gasteiger partial charge in [0.2, 0.25) is 5.95 Å². The van der Waals surface area contributed by atoms with Crippen LogP contribution >= 0.6 is 0 Å². The minimum atomic E-state index is -4.24. The van der Waals surface area contributed by atoms with E-state index in [1.165, 1.54) is 41.5 Å². The Hall–Kier alpha value is -5.41. The largest absolute Gasteiger partial charge is 0.453 e. The van der Waals surface area contributed by atoms with E-state index >= 15 is 4.39 Å². The van der Waals surface area contributed by atoms with Gasteiger partial charge in [0.05, 0.1) is 34.7 Å². The van der Waals surface area contributed by atoms with Crippen LogP contribution in [0.1, 0.15) is 32.8 Å². The summed E-state index contributed by atoms with van der Waals surface area (Å²) in [6, 6.07) is 7.98. The summed E-state index contributed by atoms with van der Waals surface area (Å²) in [4.78, 5) is 42.7. The number of carbonyl (C=O) groups is 1. The van der Waals surface area contributed by atoms with Gasteiger partial charge in [0.1, 0.15) is 35.5 Å². The van der Waals surface area contributed by atoms with Crippen LogP contribution in [0.15, 0.2) is 53.8 Å². The average molecular weight is 710 g/mol. The maximum Gasteiger partial charge on any atom is 0.410 e. The maximum atomic E-state index is 15.0. The molecule has 0 unspecified atom stereocenters. The zero-order valence-corrected chi connectivity index (χ0v) is 28.2. The first-order valence-corrected chi connectivity index (χ1v) is 17.1. The predicted molar refractivity (Wildman–Crippen MR) is 178 cm³/mol. The molecule has 2 saturated heterocycles. The Morgan fingerprint density at radius 3 is 2.42 bits per heavy atom. The fourth-order valence-corrected chi connectivity index (χ4v) is 6.73. The number of hydrogen-bond acceptors (Lipinski definition) is 11. The third-order valence-electron chi connectivity index (χ3n) is 7.96. The van der Waals surface area contributed by atoms with E-state index < -0.39 is 44.7 Å². The van der Waals surface area contributed by atoms with Gasteiger partial charge in [-0.3, -0.25) is 14.1 Å². The van der Waals surface area contributed by atoms with E-state index in [4.69, 9.17) is 9.47 Å². The van der Waals surface area contributed by atoms with Crippen LogP contribution in [-0.4, -0.2) is 94.3 Å². The first kappa shape index (κ1) is 34.5. The van der Waals surface area contributed by atoms with E-state index in [0.29, 0.717) is 43.3 Å². The van der Waals surface area contributed by atoms with Gasteiger partial charge in [-0.05, 0) is 57.5 Å². The Kier molecular flexibility index (Phi) is 9.29. The van der Waals surface area contributed by atoms with E-state index in [9.17, 15) is 27.7 Å². The van der Waals surface area contributed by atoms with Crippen molar-refractivity contribution < 1.29 is 31.5 Å². The summed E-state index contributed by atoms with van der Waals surface area (Å²) in [5.74, 6) is -1.14. The number of ether oxygens (including phenoxy) is 2. The number of hydrogen-bond donors (Lipinski definition) is 1. The van der Waals surface area contributed by atoms with Crippen molar-refractivity contribution in [3.63, 3.8) is 0 Å². The average Bonchev–Trinajstić information content (AvgIpc) is 3.53. The third-order valence-corrected chi connectivity index (χ3v) is 9.45. The van der Waals surface area contributed by atoms with Gasteiger partial charge in [0.15, 0.2) is 11.6 Å². The maximum absolute atomic E-state index is 15.0. The quantitative estimate of drug-likeness (QED) is 0.296. The summed E-state index contributed by atoms with van der Waals surface area (Å²) in [6.45, 7) is 6.87. The minimum absolute atomic E-state index is 0.0264. The van der Waals surface area contributed by atoms with Crippen LogP contribution in [-0.2, 0) is 14.9 Å². The number of piperazine rings is 1. The molecule has 15 nitrogen and oxygen atoms in total. The molecule has 1 amide bonds. The van der Waals surface area contributed by atoms with E-state index in [1.54, 1.807) is 11.0 Å². The molecule has 0 saturated carbocycles. The van der Waals surface area contributed by atoms with E-state index in [0.717, 1.165) is 16.4 Å². The van der Waals surface area contributed by atoms with Crippen molar-refractivity contribution in [2.45, 2.75) is 39.0 Å². The number of carbonyl (C=O) groups excluding carboxylic acids is 1. The van der Waals surface area contributed by atoms with Crippen molar-refractivity contribution in [2.24, 2.45) is 0 Å². The number of nitrogens with zero attached hydrogens (tertiary/aromatic N) is 8. The monoisotopic (exact) mass is 709 g/mol. The standard InChI is InChI=1S/C32H33F2N9O6S/c1-32(2,3)49-31(45)41-12-10-40(11-13-41)30-36-16-21(17-37-30)43-19-38-26-6-4-22(14-23(26)29(43)44)48-28-24(15-35)27(7-5-25(28)34)39-50(46,47)42-9-8-20(33)18-42/h4-7,14,16-17,19-20,39H,8-13,18H2,1-3H3/t20-/m1/s1. The number of benzene rings is 2. The number of fused-ring (bicyclic) bond motifs is 1. The van der Waals surface area contributed by atoms with Crippen LogP contribution in [0, 0.1) is 17.1 Å². The second-order valence-electron chi connectivity index (χ2n) is 12.7. The fraction of sp³-hybridized carbons (Fsp3) is 0.375. The number of anilines is 2. The highest BCUT2D eigenvalue weighted by atomic mass is 32.2. The second kappa shape index (κ2) is 13.5. The van der Waals surface area contributed by atoms with Gasteiger partial charge in [-0.25, -0.2) is 28.5 Å². The number of rotatable bonds is 7. The van der Waals surface area contributed by atoms with Gasteiger partial charge >= 0.3 is 16.3 Å². The number of nitriles is 1. The first-order valence-electron chi connectivity index (χ1n) is 15.6. The minimum Gasteiger partial charge on any atom is -0.453 e. The van der Waals surface area contributed by atoms with Crippen molar-refractivity contribution in [3.05, 3.63) is 70.8 Å². The Bertz CT molecular complexity index is 2150. The summed E-state index contributed by atoms with van der Waals surface area (Å²) in [5.41, 5.74) is -1.19. The molecule has 1 atom stereocenters. The molecule has 0 aliphatic carbocycles. The van der Waals surface area contributed by atoms with Crippen LogP contribution in [0.3, 0.4) is 0 Å². The second-order valence-corrected chi connectivity index (χ2v) is 14.3. The van der Waals surface area contributed by atoms with Gasteiger partial charge < -0.3 is 19.3 Å². The molecule has 2 aromatic heterocycles. The molecule has 2 aliphatic rings. The van der Waals surface area contributed by atoms with Crippen molar-refractivity contribution in [2.75, 3.05) is 48.9 Å². The highest BCUT2D eigenvalue weighted by Crippen LogP contribution is 2.34. The van der Waals surface area contributed by atoms with Crippen molar-refractivity contribution in [3.8, 4) is 23.3 Å². The number of aromatic nitrogens is 4. The van der Waals surface area contributed by atoms with E-state index in [-0.39, 0.29) is 42.4 Å². The third kappa shape index (κ3) is 7.28. The zero-order chi connectivity index (χ0) is 35.8. The molecule has 1 N–H and O–H groups in total. The smallest absolute Gasteiger partial charge is 0.410 e. The highest BCUT2D eigenvalue weighted by molar-refractivity contribution is 7.90. The summed E-state index contributed by atoms with van der Waals surface area (Å²) in [7, 11) is -4.24. The molecule has 2 aromatic carbocycles. The molecular weight excluding hydrogens is 676 g/mol. The van der Waals surface area contributed by atoms with E-state index in [2.05, 4.69) is 19.7 Å². The lowest BCUT2D eigenvalue weighted by Gasteiger charge is -2.35. The van der Waals surface area contributed by atoms with Gasteiger partial charge in [-0.15, -0.1) is 0 Å². The van der Waals surface area contributed by atoms with Crippen LogP contribution in [0.2, 0.25) is 0 Å². The SMILES string of the molecule is CC(C)(C)OC(=O)N1CCN(c2ncc(-n3cnc4ccc(Oc5c(F)ccc(NS(=O)(=O)N6CC[C@@H](F)C6)c5C#N)cc4c3=O)cn2)CC1. The first-order chi connectivity index (χ1) is 23.7. The molecule has 2 fully saturated rings. The molecule has 0 spiro atoms. The van der Waals surface area contributed by atoms with Gasteiger partial charge in [0.25, 0.3) is 5.56 Å². The summed E-state index contributed by atoms with van der Waals surface area (Å²) in [6.07, 6.45) is 2.60. The number of halogens is 2. The summed E-state index contributed by atoms with van der Waals surface area (Å²) in [5, 5.41) is 9.95. The Morgan fingerprint density at radius 2 is 1.78 bits per heavy atom. The molecule has 6 rings (SSSR count). The number of nitrogens with one attached hydrogen (secondary N) is 1. The lowest BCUT2D eigenvalue weighted by molar-refractivity contribution is 0.0240. The lowest BCUT2D eigenvalue weighted by Crippen LogP contribution is -2.50. The topological polar surface area (TPSA) is 176 Å². The Labute approximate surface area is 285 Å². The molecule has 18 heteroatoms. The Morgan fingerprint density at radius 1 is 1.06 bits per heavy atom. The number of amides is 1. The molecule has 0 bridgehead atoms. The predicted octanol–water partition coefficient (Wildman–Crippen LogP) is 3.74.